The van der Waals surface area contributed by atoms with Gasteiger partial charge in [0.2, 0.25) is 0 Å². The van der Waals surface area contributed by atoms with Gasteiger partial charge in [0.15, 0.2) is 0 Å². The van der Waals surface area contributed by atoms with Crippen molar-refractivity contribution >= 4 is 5.97 Å². The average molecular weight is 358 g/mol. The second kappa shape index (κ2) is 7.16. The third-order valence-corrected chi connectivity index (χ3v) is 5.06. The maximum absolute atomic E-state index is 12.1. The molecule has 1 aromatic carbocycles. The summed E-state index contributed by atoms with van der Waals surface area (Å²) in [6.45, 7) is 5.72. The van der Waals surface area contributed by atoms with Crippen LogP contribution in [0.1, 0.15) is 58.1 Å². The van der Waals surface area contributed by atoms with E-state index in [-0.39, 0.29) is 11.7 Å². The largest absolute Gasteiger partial charge is 0.508 e. The fourth-order valence-corrected chi connectivity index (χ4v) is 3.30. The quantitative estimate of drug-likeness (QED) is 0.542. The molecule has 1 aromatic rings. The highest BCUT2D eigenvalue weighted by molar-refractivity contribution is 5.91. The van der Waals surface area contributed by atoms with E-state index in [1.54, 1.807) is 18.2 Å². The Balaban J connectivity index is 1.98. The second-order valence-electron chi connectivity index (χ2n) is 7.59. The van der Waals surface area contributed by atoms with Gasteiger partial charge in [0, 0.05) is 11.1 Å². The molecule has 0 unspecified atom stereocenters. The van der Waals surface area contributed by atoms with Crippen molar-refractivity contribution in [2.45, 2.75) is 64.3 Å². The van der Waals surface area contributed by atoms with Crippen LogP contribution in [0.5, 0.6) is 11.5 Å². The van der Waals surface area contributed by atoms with Crippen LogP contribution in [0.15, 0.2) is 41.5 Å². The summed E-state index contributed by atoms with van der Waals surface area (Å²) in [6.07, 6.45) is 5.30. The molecule has 0 fully saturated rings. The molecule has 3 rings (SSSR count). The number of fused-ring (bicyclic) bond motifs is 4. The Morgan fingerprint density at radius 3 is 2.77 bits per heavy atom. The number of aliphatic hydroxyl groups is 1. The zero-order chi connectivity index (χ0) is 18.9. The van der Waals surface area contributed by atoms with Gasteiger partial charge < -0.3 is 19.7 Å². The summed E-state index contributed by atoms with van der Waals surface area (Å²) in [7, 11) is 0. The monoisotopic (exact) mass is 358 g/mol. The summed E-state index contributed by atoms with van der Waals surface area (Å²) in [4.78, 5) is 12.1. The molecule has 2 N–H and O–H groups in total. The summed E-state index contributed by atoms with van der Waals surface area (Å²) in [6, 6.07) is 4.85. The normalized spacial score (nSPS) is 25.9. The van der Waals surface area contributed by atoms with Crippen LogP contribution in [0, 0.1) is 0 Å². The molecule has 0 amide bonds. The van der Waals surface area contributed by atoms with Gasteiger partial charge in [-0.15, -0.1) is 0 Å². The van der Waals surface area contributed by atoms with E-state index in [9.17, 15) is 15.0 Å². The SMILES string of the molecule is CC1=CCCC2=C[C@@H](OC2=O)c2cc(ccc2O)OC(C)(C)[C@@H](O)CC1. The van der Waals surface area contributed by atoms with Crippen LogP contribution >= 0.6 is 0 Å². The summed E-state index contributed by atoms with van der Waals surface area (Å²) in [5, 5.41) is 20.8. The number of carbonyl (C=O) groups is 1. The number of allylic oxidation sites excluding steroid dienone is 2. The van der Waals surface area contributed by atoms with Crippen molar-refractivity contribution in [3.05, 3.63) is 47.1 Å². The summed E-state index contributed by atoms with van der Waals surface area (Å²) >= 11 is 0. The smallest absolute Gasteiger partial charge is 0.334 e. The molecular formula is C21H26O5. The molecule has 0 aliphatic carbocycles. The number of carbonyl (C=O) groups excluding carboxylic acids is 1. The maximum atomic E-state index is 12.1. The fourth-order valence-electron chi connectivity index (χ4n) is 3.30. The van der Waals surface area contributed by atoms with E-state index < -0.39 is 17.8 Å². The number of hydrogen-bond donors (Lipinski definition) is 2. The van der Waals surface area contributed by atoms with Crippen molar-refractivity contribution in [2.75, 3.05) is 0 Å². The van der Waals surface area contributed by atoms with E-state index in [1.165, 1.54) is 11.6 Å². The zero-order valence-electron chi connectivity index (χ0n) is 15.5. The van der Waals surface area contributed by atoms with Crippen molar-refractivity contribution < 1.29 is 24.5 Å². The minimum Gasteiger partial charge on any atom is -0.508 e. The molecule has 5 heteroatoms. The van der Waals surface area contributed by atoms with Crippen molar-refractivity contribution in [2.24, 2.45) is 0 Å². The fraction of sp³-hybridized carbons (Fsp3) is 0.476. The number of esters is 1. The first kappa shape index (κ1) is 18.5. The van der Waals surface area contributed by atoms with Crippen LogP contribution in [0.3, 0.4) is 0 Å². The highest BCUT2D eigenvalue weighted by atomic mass is 16.5. The van der Waals surface area contributed by atoms with Gasteiger partial charge in [-0.05, 0) is 70.7 Å². The van der Waals surface area contributed by atoms with Crippen LogP contribution in [0.25, 0.3) is 0 Å². The Kier molecular flexibility index (Phi) is 5.10. The number of hydrogen-bond acceptors (Lipinski definition) is 5. The Labute approximate surface area is 153 Å². The first-order chi connectivity index (χ1) is 12.3. The van der Waals surface area contributed by atoms with E-state index in [1.807, 2.05) is 20.8 Å². The Morgan fingerprint density at radius 1 is 1.23 bits per heavy atom. The maximum Gasteiger partial charge on any atom is 0.334 e. The van der Waals surface area contributed by atoms with Gasteiger partial charge >= 0.3 is 5.97 Å². The van der Waals surface area contributed by atoms with Crippen LogP contribution in [0.2, 0.25) is 0 Å². The predicted molar refractivity (Wildman–Crippen MR) is 98.0 cm³/mol. The number of ether oxygens (including phenoxy) is 2. The zero-order valence-corrected chi connectivity index (χ0v) is 15.5. The molecule has 0 spiro atoms. The van der Waals surface area contributed by atoms with Crippen molar-refractivity contribution in [3.63, 3.8) is 0 Å². The molecule has 0 saturated carbocycles. The first-order valence-electron chi connectivity index (χ1n) is 9.03. The van der Waals surface area contributed by atoms with Gasteiger partial charge in [0.25, 0.3) is 0 Å². The number of benzene rings is 1. The van der Waals surface area contributed by atoms with Crippen LogP contribution in [-0.2, 0) is 9.53 Å². The highest BCUT2D eigenvalue weighted by Gasteiger charge is 2.32. The number of phenolic OH excluding ortho intramolecular Hbond substituents is 1. The van der Waals surface area contributed by atoms with Gasteiger partial charge in [-0.2, -0.15) is 0 Å². The third-order valence-electron chi connectivity index (χ3n) is 5.06. The highest BCUT2D eigenvalue weighted by Crippen LogP contribution is 2.38. The summed E-state index contributed by atoms with van der Waals surface area (Å²) in [5.41, 5.74) is 1.50. The van der Waals surface area contributed by atoms with Crippen molar-refractivity contribution in [1.29, 1.82) is 0 Å². The summed E-state index contributed by atoms with van der Waals surface area (Å²) < 4.78 is 11.4. The van der Waals surface area contributed by atoms with E-state index >= 15 is 0 Å². The number of aromatic hydroxyl groups is 1. The molecule has 2 atom stereocenters. The minimum atomic E-state index is -0.790. The van der Waals surface area contributed by atoms with Crippen molar-refractivity contribution in [1.82, 2.24) is 0 Å². The van der Waals surface area contributed by atoms with E-state index in [4.69, 9.17) is 9.47 Å². The van der Waals surface area contributed by atoms with Crippen LogP contribution in [0.4, 0.5) is 0 Å². The molecule has 140 valence electrons. The molecule has 2 heterocycles. The van der Waals surface area contributed by atoms with Gasteiger partial charge in [-0.25, -0.2) is 4.79 Å². The lowest BCUT2D eigenvalue weighted by Gasteiger charge is -2.32. The Bertz CT molecular complexity index is 760. The summed E-state index contributed by atoms with van der Waals surface area (Å²) in [5.74, 6) is 0.225. The van der Waals surface area contributed by atoms with Crippen molar-refractivity contribution in [3.8, 4) is 11.5 Å². The molecule has 0 saturated heterocycles. The lowest BCUT2D eigenvalue weighted by molar-refractivity contribution is -0.140. The molecule has 0 aromatic heterocycles. The van der Waals surface area contributed by atoms with Gasteiger partial charge in [-0.1, -0.05) is 11.6 Å². The Hall–Kier alpha value is -2.27. The standard InChI is InChI=1S/C21H26O5/c1-13-5-4-6-14-11-18(25-20(14)24)16-12-15(8-9-17(16)22)26-21(2,3)19(23)10-7-13/h5,8-9,11-12,18-19,22-23H,4,6-7,10H2,1-3H3/t18-,19+/m1/s1. The molecule has 5 nitrogen and oxygen atoms in total. The predicted octanol–water partition coefficient (Wildman–Crippen LogP) is 3.96. The number of phenols is 1. The Morgan fingerprint density at radius 2 is 2.00 bits per heavy atom. The van der Waals surface area contributed by atoms with Crippen LogP contribution < -0.4 is 4.74 Å². The average Bonchev–Trinajstić information content (AvgIpc) is 2.94. The van der Waals surface area contributed by atoms with E-state index in [0.29, 0.717) is 29.7 Å². The molecule has 26 heavy (non-hydrogen) atoms. The van der Waals surface area contributed by atoms with Gasteiger partial charge in [0.05, 0.1) is 6.10 Å². The van der Waals surface area contributed by atoms with Gasteiger partial charge in [0.1, 0.15) is 23.2 Å². The van der Waals surface area contributed by atoms with E-state index in [2.05, 4.69) is 6.08 Å². The number of rotatable bonds is 0. The topological polar surface area (TPSA) is 76.0 Å². The minimum absolute atomic E-state index is 0.0473. The third kappa shape index (κ3) is 3.93. The van der Waals surface area contributed by atoms with Gasteiger partial charge in [-0.3, -0.25) is 0 Å². The first-order valence-corrected chi connectivity index (χ1v) is 9.03. The number of aliphatic hydroxyl groups excluding tert-OH is 1. The molecule has 2 aliphatic heterocycles. The lowest BCUT2D eigenvalue weighted by Crippen LogP contribution is -2.42. The molecular weight excluding hydrogens is 332 g/mol. The molecule has 2 aliphatic rings. The molecule has 4 bridgehead atoms. The second-order valence-corrected chi connectivity index (χ2v) is 7.59. The van der Waals surface area contributed by atoms with Crippen LogP contribution in [-0.4, -0.2) is 27.9 Å². The molecule has 0 radical (unpaired) electrons. The lowest BCUT2D eigenvalue weighted by atomic mass is 9.95. The van der Waals surface area contributed by atoms with E-state index in [0.717, 1.165) is 12.8 Å².